The molecule has 0 atom stereocenters. The Labute approximate surface area is 80.2 Å². The van der Waals surface area contributed by atoms with Crippen LogP contribution in [0.15, 0.2) is 0 Å². The first-order chi connectivity index (χ1) is 6.26. The van der Waals surface area contributed by atoms with E-state index in [9.17, 15) is 0 Å². The maximum atomic E-state index is 9.03. The predicted molar refractivity (Wildman–Crippen MR) is 50.5 cm³/mol. The van der Waals surface area contributed by atoms with Crippen LogP contribution in [0, 0.1) is 34.0 Å². The molecule has 2 nitrogen and oxygen atoms in total. The largest absolute Gasteiger partial charge is 0.198 e. The summed E-state index contributed by atoms with van der Waals surface area (Å²) < 4.78 is 0. The van der Waals surface area contributed by atoms with E-state index in [4.69, 9.17) is 10.5 Å². The zero-order valence-corrected chi connectivity index (χ0v) is 8.21. The van der Waals surface area contributed by atoms with E-state index < -0.39 is 0 Å². The van der Waals surface area contributed by atoms with Crippen LogP contribution < -0.4 is 0 Å². The van der Waals surface area contributed by atoms with Crippen molar-refractivity contribution in [2.24, 2.45) is 11.3 Å². The van der Waals surface area contributed by atoms with Gasteiger partial charge < -0.3 is 0 Å². The van der Waals surface area contributed by atoms with Crippen LogP contribution in [0.1, 0.15) is 45.4 Å². The zero-order valence-electron chi connectivity index (χ0n) is 8.21. The molecule has 1 fully saturated rings. The summed E-state index contributed by atoms with van der Waals surface area (Å²) in [6.45, 7) is 2.20. The molecular weight excluding hydrogens is 160 g/mol. The molecule has 13 heavy (non-hydrogen) atoms. The maximum Gasteiger partial charge on any atom is 0.0704 e. The van der Waals surface area contributed by atoms with E-state index in [1.807, 2.05) is 0 Å². The molecule has 0 aliphatic heterocycles. The van der Waals surface area contributed by atoms with Crippen molar-refractivity contribution in [2.75, 3.05) is 0 Å². The Morgan fingerprint density at radius 3 is 2.31 bits per heavy atom. The highest BCUT2D eigenvalue weighted by Crippen LogP contribution is 2.41. The minimum absolute atomic E-state index is 0.305. The molecule has 1 aliphatic carbocycles. The Morgan fingerprint density at radius 1 is 1.31 bits per heavy atom. The van der Waals surface area contributed by atoms with Crippen molar-refractivity contribution in [3.63, 3.8) is 0 Å². The molecule has 1 saturated carbocycles. The van der Waals surface area contributed by atoms with Crippen molar-refractivity contribution in [1.29, 1.82) is 10.5 Å². The molecule has 0 radical (unpaired) electrons. The standard InChI is InChI=1S/C11H16N2/c1-2-10-3-5-11(9-13,6-4-10)7-8-12/h10H,2-7H2,1H3. The van der Waals surface area contributed by atoms with E-state index in [1.54, 1.807) is 0 Å². The number of hydrogen-bond acceptors (Lipinski definition) is 2. The van der Waals surface area contributed by atoms with Gasteiger partial charge in [-0.15, -0.1) is 0 Å². The molecule has 0 spiro atoms. The van der Waals surface area contributed by atoms with Gasteiger partial charge in [-0.3, -0.25) is 0 Å². The monoisotopic (exact) mass is 176 g/mol. The number of nitrogens with zero attached hydrogens (tertiary/aromatic N) is 2. The van der Waals surface area contributed by atoms with Crippen molar-refractivity contribution in [3.05, 3.63) is 0 Å². The second kappa shape index (κ2) is 4.28. The van der Waals surface area contributed by atoms with Crippen molar-refractivity contribution >= 4 is 0 Å². The molecule has 0 bridgehead atoms. The van der Waals surface area contributed by atoms with Crippen molar-refractivity contribution in [1.82, 2.24) is 0 Å². The third-order valence-corrected chi connectivity index (χ3v) is 3.29. The molecule has 0 aromatic heterocycles. The first-order valence-corrected chi connectivity index (χ1v) is 5.04. The van der Waals surface area contributed by atoms with E-state index in [1.165, 1.54) is 6.42 Å². The smallest absolute Gasteiger partial charge is 0.0704 e. The maximum absolute atomic E-state index is 9.03. The average molecular weight is 176 g/mol. The quantitative estimate of drug-likeness (QED) is 0.649. The molecule has 0 aromatic carbocycles. The van der Waals surface area contributed by atoms with Gasteiger partial charge in [-0.2, -0.15) is 10.5 Å². The third kappa shape index (κ3) is 2.22. The lowest BCUT2D eigenvalue weighted by Gasteiger charge is -2.32. The molecule has 0 amide bonds. The summed E-state index contributed by atoms with van der Waals surface area (Å²) in [5, 5.41) is 17.7. The lowest BCUT2D eigenvalue weighted by Crippen LogP contribution is -2.25. The number of hydrogen-bond donors (Lipinski definition) is 0. The van der Waals surface area contributed by atoms with Crippen LogP contribution in [-0.2, 0) is 0 Å². The van der Waals surface area contributed by atoms with Crippen molar-refractivity contribution < 1.29 is 0 Å². The lowest BCUT2D eigenvalue weighted by atomic mass is 9.69. The van der Waals surface area contributed by atoms with Gasteiger partial charge in [0.2, 0.25) is 0 Å². The lowest BCUT2D eigenvalue weighted by molar-refractivity contribution is 0.210. The summed E-state index contributed by atoms with van der Waals surface area (Å²) in [7, 11) is 0. The van der Waals surface area contributed by atoms with Crippen LogP contribution in [0.5, 0.6) is 0 Å². The van der Waals surface area contributed by atoms with E-state index in [0.29, 0.717) is 6.42 Å². The summed E-state index contributed by atoms with van der Waals surface area (Å²) in [5.41, 5.74) is -0.305. The van der Waals surface area contributed by atoms with Gasteiger partial charge in [0.05, 0.1) is 24.0 Å². The molecule has 0 heterocycles. The first kappa shape index (κ1) is 10.1. The third-order valence-electron chi connectivity index (χ3n) is 3.29. The van der Waals surface area contributed by atoms with Crippen LogP contribution in [0.3, 0.4) is 0 Å². The first-order valence-electron chi connectivity index (χ1n) is 5.04. The fourth-order valence-electron chi connectivity index (χ4n) is 2.12. The highest BCUT2D eigenvalue weighted by molar-refractivity contribution is 5.05. The van der Waals surface area contributed by atoms with Crippen LogP contribution >= 0.6 is 0 Å². The van der Waals surface area contributed by atoms with E-state index >= 15 is 0 Å². The summed E-state index contributed by atoms with van der Waals surface area (Å²) in [5.74, 6) is 0.792. The molecule has 0 aromatic rings. The van der Waals surface area contributed by atoms with Gasteiger partial charge in [0.15, 0.2) is 0 Å². The van der Waals surface area contributed by atoms with Crippen molar-refractivity contribution in [2.45, 2.75) is 45.4 Å². The molecule has 0 N–H and O–H groups in total. The Kier molecular flexibility index (Phi) is 3.32. The van der Waals surface area contributed by atoms with Crippen LogP contribution in [-0.4, -0.2) is 0 Å². The number of rotatable bonds is 2. The van der Waals surface area contributed by atoms with Gasteiger partial charge in [-0.25, -0.2) is 0 Å². The van der Waals surface area contributed by atoms with Gasteiger partial charge in [0.1, 0.15) is 0 Å². The van der Waals surface area contributed by atoms with Crippen LogP contribution in [0.25, 0.3) is 0 Å². The molecule has 2 heteroatoms. The van der Waals surface area contributed by atoms with Gasteiger partial charge in [0.25, 0.3) is 0 Å². The van der Waals surface area contributed by atoms with Crippen molar-refractivity contribution in [3.8, 4) is 12.1 Å². The second-order valence-electron chi connectivity index (χ2n) is 4.08. The summed E-state index contributed by atoms with van der Waals surface area (Å²) in [6, 6.07) is 4.48. The van der Waals surface area contributed by atoms with Gasteiger partial charge in [0, 0.05) is 0 Å². The fraction of sp³-hybridized carbons (Fsp3) is 0.818. The van der Waals surface area contributed by atoms with E-state index in [-0.39, 0.29) is 5.41 Å². The molecule has 1 rings (SSSR count). The van der Waals surface area contributed by atoms with E-state index in [2.05, 4.69) is 19.1 Å². The Morgan fingerprint density at radius 2 is 1.92 bits per heavy atom. The predicted octanol–water partition coefficient (Wildman–Crippen LogP) is 3.01. The highest BCUT2D eigenvalue weighted by Gasteiger charge is 2.34. The summed E-state index contributed by atoms with van der Waals surface area (Å²) in [6.07, 6.45) is 5.75. The van der Waals surface area contributed by atoms with Gasteiger partial charge >= 0.3 is 0 Å². The zero-order chi connectivity index (χ0) is 9.73. The van der Waals surface area contributed by atoms with E-state index in [0.717, 1.165) is 31.6 Å². The Balaban J connectivity index is 2.55. The summed E-state index contributed by atoms with van der Waals surface area (Å²) in [4.78, 5) is 0. The fourth-order valence-corrected chi connectivity index (χ4v) is 2.12. The van der Waals surface area contributed by atoms with Crippen LogP contribution in [0.2, 0.25) is 0 Å². The normalized spacial score (nSPS) is 33.3. The average Bonchev–Trinajstić information content (AvgIpc) is 2.19. The minimum atomic E-state index is -0.305. The van der Waals surface area contributed by atoms with Gasteiger partial charge in [-0.1, -0.05) is 13.3 Å². The highest BCUT2D eigenvalue weighted by atomic mass is 14.4. The molecular formula is C11H16N2. The summed E-state index contributed by atoms with van der Waals surface area (Å²) >= 11 is 0. The molecule has 1 aliphatic rings. The number of nitriles is 2. The SMILES string of the molecule is CCC1CCC(C#N)(CC#N)CC1. The Bertz CT molecular complexity index is 236. The topological polar surface area (TPSA) is 47.6 Å². The second-order valence-corrected chi connectivity index (χ2v) is 4.08. The molecule has 0 saturated heterocycles. The minimum Gasteiger partial charge on any atom is -0.198 e. The van der Waals surface area contributed by atoms with Gasteiger partial charge in [-0.05, 0) is 31.6 Å². The molecule has 70 valence electrons. The molecule has 0 unspecified atom stereocenters. The van der Waals surface area contributed by atoms with Crippen LogP contribution in [0.4, 0.5) is 0 Å². The Hall–Kier alpha value is -1.02.